The van der Waals surface area contributed by atoms with Gasteiger partial charge in [-0.15, -0.1) is 0 Å². The van der Waals surface area contributed by atoms with Crippen molar-refractivity contribution in [2.24, 2.45) is 5.10 Å². The molecule has 0 aliphatic rings. The molecule has 0 saturated heterocycles. The van der Waals surface area contributed by atoms with Gasteiger partial charge in [0.1, 0.15) is 17.2 Å². The number of ether oxygens (including phenoxy) is 1. The quantitative estimate of drug-likeness (QED) is 0.394. The molecule has 0 aromatic heterocycles. The Labute approximate surface area is 151 Å². The number of aromatic hydroxyl groups is 2. The molecule has 3 rings (SSSR count). The molecule has 0 atom stereocenters. The van der Waals surface area contributed by atoms with Crippen LogP contribution in [0.15, 0.2) is 71.8 Å². The molecule has 26 heavy (non-hydrogen) atoms. The minimum Gasteiger partial charge on any atom is -0.508 e. The lowest BCUT2D eigenvalue weighted by Gasteiger charge is -2.09. The Morgan fingerprint density at radius 1 is 0.885 bits per heavy atom. The number of nitrogens with one attached hydrogen (secondary N) is 2. The normalized spacial score (nSPS) is 10.7. The van der Waals surface area contributed by atoms with Gasteiger partial charge in [-0.05, 0) is 54.6 Å². The standard InChI is InChI=1S/C20H19N3O3/c1-26-19-9-6-15(7-10-19)22-16-3-2-4-17(11-16)23-21-13-14-5-8-18(24)12-20(14)25/h2-13,22-25H,1H3/b21-13+. The van der Waals surface area contributed by atoms with Crippen molar-refractivity contribution in [2.45, 2.75) is 0 Å². The Bertz CT molecular complexity index is 908. The first-order valence-corrected chi connectivity index (χ1v) is 7.96. The first-order valence-electron chi connectivity index (χ1n) is 7.96. The number of hydrogen-bond acceptors (Lipinski definition) is 6. The van der Waals surface area contributed by atoms with Crippen molar-refractivity contribution < 1.29 is 14.9 Å². The van der Waals surface area contributed by atoms with Crippen LogP contribution in [-0.4, -0.2) is 23.5 Å². The summed E-state index contributed by atoms with van der Waals surface area (Å²) in [5.41, 5.74) is 6.06. The molecule has 3 aromatic rings. The molecule has 0 radical (unpaired) electrons. The predicted molar refractivity (Wildman–Crippen MR) is 104 cm³/mol. The van der Waals surface area contributed by atoms with Crippen molar-refractivity contribution in [3.8, 4) is 17.2 Å². The second-order valence-corrected chi connectivity index (χ2v) is 5.55. The van der Waals surface area contributed by atoms with E-state index in [1.807, 2.05) is 48.5 Å². The summed E-state index contributed by atoms with van der Waals surface area (Å²) in [6, 6.07) is 19.6. The molecule has 0 saturated carbocycles. The Hall–Kier alpha value is -3.67. The second-order valence-electron chi connectivity index (χ2n) is 5.55. The van der Waals surface area contributed by atoms with Crippen LogP contribution < -0.4 is 15.5 Å². The smallest absolute Gasteiger partial charge is 0.128 e. The van der Waals surface area contributed by atoms with Gasteiger partial charge in [-0.2, -0.15) is 5.10 Å². The fourth-order valence-corrected chi connectivity index (χ4v) is 2.33. The molecule has 0 aliphatic carbocycles. The number of hydrogen-bond donors (Lipinski definition) is 4. The average molecular weight is 349 g/mol. The zero-order valence-electron chi connectivity index (χ0n) is 14.2. The molecule has 4 N–H and O–H groups in total. The van der Waals surface area contributed by atoms with Gasteiger partial charge < -0.3 is 20.3 Å². The monoisotopic (exact) mass is 349 g/mol. The van der Waals surface area contributed by atoms with Gasteiger partial charge in [0.05, 0.1) is 19.0 Å². The Kier molecular flexibility index (Phi) is 5.24. The molecule has 6 nitrogen and oxygen atoms in total. The summed E-state index contributed by atoms with van der Waals surface area (Å²) in [4.78, 5) is 0. The van der Waals surface area contributed by atoms with E-state index in [2.05, 4.69) is 15.8 Å². The van der Waals surface area contributed by atoms with E-state index in [1.165, 1.54) is 18.3 Å². The van der Waals surface area contributed by atoms with E-state index >= 15 is 0 Å². The van der Waals surface area contributed by atoms with Crippen molar-refractivity contribution in [3.05, 3.63) is 72.3 Å². The van der Waals surface area contributed by atoms with Gasteiger partial charge in [0, 0.05) is 23.0 Å². The molecular formula is C20H19N3O3. The molecular weight excluding hydrogens is 330 g/mol. The SMILES string of the molecule is COc1ccc(Nc2cccc(N/N=C/c3ccc(O)cc3O)c2)cc1. The van der Waals surface area contributed by atoms with Crippen LogP contribution in [0.25, 0.3) is 0 Å². The zero-order valence-corrected chi connectivity index (χ0v) is 14.2. The van der Waals surface area contributed by atoms with E-state index in [4.69, 9.17) is 4.74 Å². The van der Waals surface area contributed by atoms with Gasteiger partial charge in [0.2, 0.25) is 0 Å². The van der Waals surface area contributed by atoms with E-state index in [-0.39, 0.29) is 11.5 Å². The summed E-state index contributed by atoms with van der Waals surface area (Å²) in [6.45, 7) is 0. The number of rotatable bonds is 6. The topological polar surface area (TPSA) is 86.1 Å². The number of methoxy groups -OCH3 is 1. The fourth-order valence-electron chi connectivity index (χ4n) is 2.33. The second kappa shape index (κ2) is 7.94. The number of phenolic OH excluding ortho intramolecular Hbond substituents is 2. The van der Waals surface area contributed by atoms with Crippen LogP contribution in [0.5, 0.6) is 17.2 Å². The largest absolute Gasteiger partial charge is 0.508 e. The summed E-state index contributed by atoms with van der Waals surface area (Å²) < 4.78 is 5.15. The molecule has 0 unspecified atom stereocenters. The number of benzene rings is 3. The lowest BCUT2D eigenvalue weighted by molar-refractivity contribution is 0.415. The Morgan fingerprint density at radius 2 is 1.65 bits per heavy atom. The number of phenols is 2. The minimum absolute atomic E-state index is 0.00455. The van der Waals surface area contributed by atoms with Crippen LogP contribution in [0, 0.1) is 0 Å². The molecule has 0 amide bonds. The molecule has 132 valence electrons. The summed E-state index contributed by atoms with van der Waals surface area (Å²) in [5.74, 6) is 0.771. The maximum Gasteiger partial charge on any atom is 0.128 e. The first kappa shape index (κ1) is 17.2. The highest BCUT2D eigenvalue weighted by molar-refractivity contribution is 5.84. The van der Waals surface area contributed by atoms with Gasteiger partial charge in [-0.25, -0.2) is 0 Å². The van der Waals surface area contributed by atoms with Crippen molar-refractivity contribution in [1.82, 2.24) is 0 Å². The third-order valence-electron chi connectivity index (χ3n) is 3.65. The fraction of sp³-hybridized carbons (Fsp3) is 0.0500. The van der Waals surface area contributed by atoms with Gasteiger partial charge in [0.15, 0.2) is 0 Å². The van der Waals surface area contributed by atoms with E-state index < -0.39 is 0 Å². The highest BCUT2D eigenvalue weighted by Gasteiger charge is 2.00. The number of nitrogens with zero attached hydrogens (tertiary/aromatic N) is 1. The van der Waals surface area contributed by atoms with Gasteiger partial charge in [-0.1, -0.05) is 6.07 Å². The predicted octanol–water partition coefficient (Wildman–Crippen LogP) is 4.30. The van der Waals surface area contributed by atoms with E-state index in [1.54, 1.807) is 13.2 Å². The minimum atomic E-state index is -0.0366. The number of hydrazone groups is 1. The van der Waals surface area contributed by atoms with Crippen molar-refractivity contribution >= 4 is 23.3 Å². The molecule has 0 aliphatic heterocycles. The highest BCUT2D eigenvalue weighted by atomic mass is 16.5. The van der Waals surface area contributed by atoms with Crippen LogP contribution in [0.1, 0.15) is 5.56 Å². The third kappa shape index (κ3) is 4.45. The molecule has 0 bridgehead atoms. The van der Waals surface area contributed by atoms with Crippen LogP contribution in [0.4, 0.5) is 17.1 Å². The van der Waals surface area contributed by atoms with Crippen molar-refractivity contribution in [2.75, 3.05) is 17.9 Å². The van der Waals surface area contributed by atoms with Crippen molar-refractivity contribution in [1.29, 1.82) is 0 Å². The Morgan fingerprint density at radius 3 is 2.38 bits per heavy atom. The molecule has 0 heterocycles. The number of anilines is 3. The Balaban J connectivity index is 1.65. The van der Waals surface area contributed by atoms with Gasteiger partial charge in [-0.3, -0.25) is 5.43 Å². The summed E-state index contributed by atoms with van der Waals surface area (Å²) in [7, 11) is 1.63. The van der Waals surface area contributed by atoms with E-state index in [0.717, 1.165) is 22.8 Å². The van der Waals surface area contributed by atoms with Crippen LogP contribution in [-0.2, 0) is 0 Å². The van der Waals surface area contributed by atoms with Crippen LogP contribution in [0.3, 0.4) is 0 Å². The summed E-state index contributed by atoms with van der Waals surface area (Å²) >= 11 is 0. The van der Waals surface area contributed by atoms with Crippen LogP contribution >= 0.6 is 0 Å². The molecule has 0 fully saturated rings. The lowest BCUT2D eigenvalue weighted by atomic mass is 10.2. The summed E-state index contributed by atoms with van der Waals surface area (Å²) in [5, 5.41) is 26.4. The van der Waals surface area contributed by atoms with Crippen LogP contribution in [0.2, 0.25) is 0 Å². The maximum atomic E-state index is 9.74. The van der Waals surface area contributed by atoms with Gasteiger partial charge in [0.25, 0.3) is 0 Å². The van der Waals surface area contributed by atoms with E-state index in [0.29, 0.717) is 5.56 Å². The van der Waals surface area contributed by atoms with Crippen molar-refractivity contribution in [3.63, 3.8) is 0 Å². The zero-order chi connectivity index (χ0) is 18.4. The average Bonchev–Trinajstić information content (AvgIpc) is 2.64. The highest BCUT2D eigenvalue weighted by Crippen LogP contribution is 2.23. The lowest BCUT2D eigenvalue weighted by Crippen LogP contribution is -1.94. The third-order valence-corrected chi connectivity index (χ3v) is 3.65. The molecule has 3 aromatic carbocycles. The van der Waals surface area contributed by atoms with Gasteiger partial charge >= 0.3 is 0 Å². The molecule has 0 spiro atoms. The summed E-state index contributed by atoms with van der Waals surface area (Å²) in [6.07, 6.45) is 1.48. The first-order chi connectivity index (χ1) is 12.6. The van der Waals surface area contributed by atoms with E-state index in [9.17, 15) is 10.2 Å². The molecule has 6 heteroatoms. The maximum absolute atomic E-state index is 9.74.